The topological polar surface area (TPSA) is 120 Å². The lowest BCUT2D eigenvalue weighted by molar-refractivity contribution is 0.450. The molecule has 4 N–H and O–H groups in total. The summed E-state index contributed by atoms with van der Waals surface area (Å²) in [7, 11) is 0. The van der Waals surface area contributed by atoms with Gasteiger partial charge in [-0.25, -0.2) is 9.97 Å². The van der Waals surface area contributed by atoms with Crippen LogP contribution in [0, 0.1) is 0 Å². The average molecular weight is 471 g/mol. The Balaban J connectivity index is 1.14. The van der Waals surface area contributed by atoms with Crippen LogP contribution in [0.3, 0.4) is 0 Å². The molecule has 2 aromatic rings. The van der Waals surface area contributed by atoms with Gasteiger partial charge in [0.2, 0.25) is 23.5 Å². The molecule has 8 rings (SSSR count). The molecule has 2 aliphatic carbocycles. The van der Waals surface area contributed by atoms with Crippen molar-refractivity contribution in [2.24, 2.45) is 0 Å². The van der Waals surface area contributed by atoms with E-state index in [1.54, 1.807) is 12.4 Å². The van der Waals surface area contributed by atoms with Gasteiger partial charge in [0.25, 0.3) is 0 Å². The number of fused-ring (bicyclic) bond motifs is 7. The summed E-state index contributed by atoms with van der Waals surface area (Å²) in [5, 5.41) is 2.09. The van der Waals surface area contributed by atoms with Crippen molar-refractivity contribution < 1.29 is 9.47 Å². The number of pyridine rings is 2. The zero-order valence-corrected chi connectivity index (χ0v) is 18.7. The standard InChI is InChI=1S/C27H17N7O2/c1-3-14-9-29-24-18(16(14)5-1)7-22(33-24)35-26-20-11-28-12-21(20)27(32-13-31-26)36-23-8-19-17-6-2-4-15(17)10-30-25(19)34-23/h1-13,29-30,33-34H. The highest BCUT2D eigenvalue weighted by molar-refractivity contribution is 5.96. The summed E-state index contributed by atoms with van der Waals surface area (Å²) < 4.78 is 12.4. The minimum atomic E-state index is 0.374. The van der Waals surface area contributed by atoms with Gasteiger partial charge < -0.3 is 29.4 Å². The van der Waals surface area contributed by atoms with Crippen LogP contribution in [0.1, 0.15) is 0 Å². The molecule has 0 spiro atoms. The minimum Gasteiger partial charge on any atom is -0.422 e. The third kappa shape index (κ3) is 2.80. The Hall–Kier alpha value is -5.31. The summed E-state index contributed by atoms with van der Waals surface area (Å²) >= 11 is 0. The lowest BCUT2D eigenvalue weighted by Gasteiger charge is -2.05. The quantitative estimate of drug-likeness (QED) is 0.237. The molecular formula is C27H17N7O2. The van der Waals surface area contributed by atoms with Crippen LogP contribution in [0.25, 0.3) is 55.4 Å². The second kappa shape index (κ2) is 7.09. The molecule has 0 atom stereocenters. The Morgan fingerprint density at radius 1 is 0.611 bits per heavy atom. The number of H-pyrrole nitrogens is 4. The van der Waals surface area contributed by atoms with Crippen molar-refractivity contribution in [2.45, 2.75) is 0 Å². The van der Waals surface area contributed by atoms with E-state index in [0.29, 0.717) is 34.6 Å². The molecule has 2 aromatic heterocycles. The highest BCUT2D eigenvalue weighted by Gasteiger charge is 2.20. The Morgan fingerprint density at radius 3 is 1.67 bits per heavy atom. The van der Waals surface area contributed by atoms with Crippen molar-refractivity contribution in [1.29, 1.82) is 0 Å². The second-order valence-corrected chi connectivity index (χ2v) is 8.63. The zero-order chi connectivity index (χ0) is 23.6. The number of nitrogens with zero attached hydrogens (tertiary/aromatic N) is 3. The zero-order valence-electron chi connectivity index (χ0n) is 18.7. The van der Waals surface area contributed by atoms with E-state index in [0.717, 1.165) is 44.3 Å². The molecule has 36 heavy (non-hydrogen) atoms. The maximum atomic E-state index is 6.18. The Kier molecular flexibility index (Phi) is 3.75. The summed E-state index contributed by atoms with van der Waals surface area (Å²) in [6.45, 7) is 0. The molecule has 0 bridgehead atoms. The maximum Gasteiger partial charge on any atom is 0.232 e. The molecule has 6 aliphatic rings. The summed E-state index contributed by atoms with van der Waals surface area (Å²) in [5.74, 6) is 1.87. The molecule has 0 radical (unpaired) electrons. The molecule has 0 saturated heterocycles. The number of rotatable bonds is 4. The first kappa shape index (κ1) is 19.0. The highest BCUT2D eigenvalue weighted by atomic mass is 16.5. The normalized spacial score (nSPS) is 11.9. The highest BCUT2D eigenvalue weighted by Crippen LogP contribution is 2.40. The van der Waals surface area contributed by atoms with Crippen molar-refractivity contribution in [2.75, 3.05) is 0 Å². The number of hydrogen-bond acceptors (Lipinski definition) is 5. The number of aromatic amines is 4. The van der Waals surface area contributed by atoms with Gasteiger partial charge in [-0.05, 0) is 22.3 Å². The third-order valence-electron chi connectivity index (χ3n) is 6.53. The van der Waals surface area contributed by atoms with Crippen molar-refractivity contribution in [3.63, 3.8) is 0 Å². The largest absolute Gasteiger partial charge is 0.422 e. The van der Waals surface area contributed by atoms with E-state index in [1.807, 2.05) is 36.7 Å². The first-order valence-electron chi connectivity index (χ1n) is 11.4. The first-order chi connectivity index (χ1) is 17.8. The van der Waals surface area contributed by atoms with Crippen LogP contribution in [-0.4, -0.2) is 34.9 Å². The molecule has 172 valence electrons. The van der Waals surface area contributed by atoms with Crippen LogP contribution >= 0.6 is 0 Å². The molecule has 0 aromatic carbocycles. The summed E-state index contributed by atoms with van der Waals surface area (Å²) in [6.07, 6.45) is 8.76. The molecule has 9 heteroatoms. The van der Waals surface area contributed by atoms with Gasteiger partial charge in [0.05, 0.1) is 11.1 Å². The summed E-state index contributed by atoms with van der Waals surface area (Å²) in [6, 6.07) is 16.3. The van der Waals surface area contributed by atoms with E-state index in [2.05, 4.69) is 59.2 Å². The van der Waals surface area contributed by atoms with Crippen molar-refractivity contribution in [3.05, 3.63) is 79.6 Å². The van der Waals surface area contributed by atoms with Crippen molar-refractivity contribution in [3.8, 4) is 56.9 Å². The van der Waals surface area contributed by atoms with E-state index in [1.165, 1.54) is 6.33 Å². The summed E-state index contributed by atoms with van der Waals surface area (Å²) in [5.41, 5.74) is 7.69. The van der Waals surface area contributed by atoms with Gasteiger partial charge in [-0.15, -0.1) is 0 Å². The van der Waals surface area contributed by atoms with Gasteiger partial charge in [-0.2, -0.15) is 0 Å². The Bertz CT molecular complexity index is 1790. The Labute approximate surface area is 203 Å². The molecule has 9 nitrogen and oxygen atoms in total. The van der Waals surface area contributed by atoms with Crippen LogP contribution in [-0.2, 0) is 0 Å². The van der Waals surface area contributed by atoms with E-state index in [9.17, 15) is 0 Å². The molecule has 0 saturated carbocycles. The second-order valence-electron chi connectivity index (χ2n) is 8.63. The number of hydrogen-bond donors (Lipinski definition) is 4. The van der Waals surface area contributed by atoms with Gasteiger partial charge in [-0.3, -0.25) is 4.98 Å². The lowest BCUT2D eigenvalue weighted by atomic mass is 10.1. The van der Waals surface area contributed by atoms with Gasteiger partial charge in [0, 0.05) is 47.7 Å². The fourth-order valence-electron chi connectivity index (χ4n) is 4.84. The lowest BCUT2D eigenvalue weighted by Crippen LogP contribution is -1.89. The molecule has 4 aliphatic heterocycles. The van der Waals surface area contributed by atoms with E-state index < -0.39 is 0 Å². The van der Waals surface area contributed by atoms with Gasteiger partial charge in [-0.1, -0.05) is 36.4 Å². The minimum absolute atomic E-state index is 0.374. The fraction of sp³-hybridized carbons (Fsp3) is 0. The van der Waals surface area contributed by atoms with Crippen molar-refractivity contribution >= 4 is 22.1 Å². The molecule has 0 amide bonds. The van der Waals surface area contributed by atoms with Crippen LogP contribution < -0.4 is 9.47 Å². The average Bonchev–Trinajstić information content (AvgIpc) is 3.68. The molecule has 6 heterocycles. The van der Waals surface area contributed by atoms with E-state index >= 15 is 0 Å². The smallest absolute Gasteiger partial charge is 0.232 e. The van der Waals surface area contributed by atoms with E-state index in [4.69, 9.17) is 9.47 Å². The first-order valence-corrected chi connectivity index (χ1v) is 11.4. The monoisotopic (exact) mass is 471 g/mol. The number of nitrogens with one attached hydrogen (secondary N) is 4. The number of ether oxygens (including phenoxy) is 2. The van der Waals surface area contributed by atoms with Crippen LogP contribution in [0.4, 0.5) is 0 Å². The van der Waals surface area contributed by atoms with E-state index in [-0.39, 0.29) is 0 Å². The molecular weight excluding hydrogens is 454 g/mol. The third-order valence-corrected chi connectivity index (χ3v) is 6.53. The van der Waals surface area contributed by atoms with Crippen molar-refractivity contribution in [1.82, 2.24) is 34.9 Å². The maximum absolute atomic E-state index is 6.18. The van der Waals surface area contributed by atoms with Crippen LogP contribution in [0.2, 0.25) is 0 Å². The van der Waals surface area contributed by atoms with Gasteiger partial charge in [0.1, 0.15) is 17.6 Å². The SMILES string of the molecule is c1cc2c[nH]c3[nH]c(Oc4ncnc(Oc5cc6c7cccc-7c[nH]c6[nH]5)c5cncc4-5)cc3c-2c1. The van der Waals surface area contributed by atoms with Crippen LogP contribution in [0.15, 0.2) is 79.6 Å². The van der Waals surface area contributed by atoms with Gasteiger partial charge in [0.15, 0.2) is 0 Å². The molecule has 0 unspecified atom stereocenters. The number of aromatic nitrogens is 7. The Morgan fingerprint density at radius 2 is 1.14 bits per heavy atom. The van der Waals surface area contributed by atoms with Gasteiger partial charge >= 0.3 is 0 Å². The fourth-order valence-corrected chi connectivity index (χ4v) is 4.84. The molecule has 0 fully saturated rings. The van der Waals surface area contributed by atoms with Crippen LogP contribution in [0.5, 0.6) is 23.5 Å². The predicted octanol–water partition coefficient (Wildman–Crippen LogP) is 6.39. The summed E-state index contributed by atoms with van der Waals surface area (Å²) in [4.78, 5) is 26.3. The predicted molar refractivity (Wildman–Crippen MR) is 135 cm³/mol.